The van der Waals surface area contributed by atoms with E-state index in [1.165, 1.54) is 0 Å². The number of carbonyl (C=O) groups is 3. The number of nitrogen functional groups attached to an aromatic ring is 1. The number of pyridine rings is 1. The summed E-state index contributed by atoms with van der Waals surface area (Å²) in [6, 6.07) is 14.0. The number of carbonyl (C=O) groups excluding carboxylic acids is 2. The highest BCUT2D eigenvalue weighted by Crippen LogP contribution is 2.30. The average Bonchev–Trinajstić information content (AvgIpc) is 3.31. The number of nitrogens with one attached hydrogen (secondary N) is 1. The van der Waals surface area contributed by atoms with Crippen molar-refractivity contribution in [3.63, 3.8) is 0 Å². The number of aryl methyl sites for hydroxylation is 1. The van der Waals surface area contributed by atoms with Crippen LogP contribution < -0.4 is 11.1 Å². The van der Waals surface area contributed by atoms with Crippen LogP contribution in [0.2, 0.25) is 0 Å². The van der Waals surface area contributed by atoms with Crippen molar-refractivity contribution >= 4 is 45.7 Å². The molecule has 0 unspecified atom stereocenters. The summed E-state index contributed by atoms with van der Waals surface area (Å²) in [5.41, 5.74) is 8.61. The molecular formula is C23H20N6O5. The molecule has 0 spiro atoms. The Labute approximate surface area is 192 Å². The zero-order valence-corrected chi connectivity index (χ0v) is 17.9. The normalized spacial score (nSPS) is 13.1. The second-order valence-corrected chi connectivity index (χ2v) is 7.70. The van der Waals surface area contributed by atoms with E-state index in [4.69, 9.17) is 15.7 Å². The fourth-order valence-corrected chi connectivity index (χ4v) is 4.10. The number of nitrogens with zero attached hydrogens (tertiary/aromatic N) is 4. The molecular weight excluding hydrogens is 440 g/mol. The maximum atomic E-state index is 12.6. The minimum atomic E-state index is -1.11. The number of carboxylic acid groups (broad SMARTS) is 1. The number of para-hydroxylation sites is 1. The smallest absolute Gasteiger partial charge is 0.404 e. The summed E-state index contributed by atoms with van der Waals surface area (Å²) in [4.78, 5) is 50.8. The summed E-state index contributed by atoms with van der Waals surface area (Å²) >= 11 is 0. The number of anilines is 1. The molecule has 3 amide bonds. The van der Waals surface area contributed by atoms with Crippen LogP contribution in [-0.2, 0) is 18.0 Å². The second-order valence-electron chi connectivity index (χ2n) is 7.70. The Bertz CT molecular complexity index is 1430. The number of imidazole rings is 1. The lowest BCUT2D eigenvalue weighted by Gasteiger charge is -2.15. The number of amides is 3. The van der Waals surface area contributed by atoms with Gasteiger partial charge >= 0.3 is 6.09 Å². The highest BCUT2D eigenvalue weighted by Gasteiger charge is 2.36. The Morgan fingerprint density at radius 3 is 2.41 bits per heavy atom. The van der Waals surface area contributed by atoms with Gasteiger partial charge in [-0.05, 0) is 24.6 Å². The van der Waals surface area contributed by atoms with E-state index in [1.807, 2.05) is 28.8 Å². The molecule has 0 saturated carbocycles. The molecule has 5 rings (SSSR count). The van der Waals surface area contributed by atoms with Crippen LogP contribution >= 0.6 is 0 Å². The number of benzene rings is 2. The second kappa shape index (κ2) is 8.45. The molecule has 0 radical (unpaired) electrons. The number of hydrogen-bond donors (Lipinski definition) is 3. The number of aromatic nitrogens is 3. The molecule has 172 valence electrons. The van der Waals surface area contributed by atoms with Crippen molar-refractivity contribution in [1.82, 2.24) is 24.9 Å². The third-order valence-electron chi connectivity index (χ3n) is 5.60. The average molecular weight is 460 g/mol. The number of hydrogen-bond acceptors (Lipinski definition) is 7. The summed E-state index contributed by atoms with van der Waals surface area (Å²) < 4.78 is 1.86. The highest BCUT2D eigenvalue weighted by atomic mass is 16.7. The van der Waals surface area contributed by atoms with E-state index in [2.05, 4.69) is 15.3 Å². The van der Waals surface area contributed by atoms with Crippen molar-refractivity contribution in [2.75, 3.05) is 12.3 Å². The number of fused-ring (bicyclic) bond motifs is 4. The molecule has 1 aliphatic rings. The molecule has 0 saturated heterocycles. The van der Waals surface area contributed by atoms with Gasteiger partial charge in [0.15, 0.2) is 5.82 Å². The van der Waals surface area contributed by atoms with E-state index in [1.54, 1.807) is 24.3 Å². The maximum absolute atomic E-state index is 12.6. The predicted molar refractivity (Wildman–Crippen MR) is 122 cm³/mol. The van der Waals surface area contributed by atoms with Crippen LogP contribution in [0.25, 0.3) is 21.9 Å². The Balaban J connectivity index is 1.50. The van der Waals surface area contributed by atoms with E-state index < -0.39 is 17.9 Å². The Morgan fingerprint density at radius 2 is 1.71 bits per heavy atom. The summed E-state index contributed by atoms with van der Waals surface area (Å²) in [5, 5.41) is 12.8. The van der Waals surface area contributed by atoms with Crippen LogP contribution in [0.5, 0.6) is 0 Å². The third-order valence-corrected chi connectivity index (χ3v) is 5.60. The first-order valence-corrected chi connectivity index (χ1v) is 10.6. The highest BCUT2D eigenvalue weighted by molar-refractivity contribution is 6.20. The van der Waals surface area contributed by atoms with Crippen molar-refractivity contribution in [2.45, 2.75) is 19.6 Å². The van der Waals surface area contributed by atoms with E-state index >= 15 is 0 Å². The zero-order valence-electron chi connectivity index (χ0n) is 17.9. The van der Waals surface area contributed by atoms with Crippen molar-refractivity contribution in [3.05, 3.63) is 65.5 Å². The summed E-state index contributed by atoms with van der Waals surface area (Å²) in [5.74, 6) is -0.425. The standard InChI is InChI=1S/C23H20N6O5/c24-20-18-19(15-8-3-4-9-16(15)26-20)28(11-5-10-25-23(32)33)17(27-18)12-34-29-21(30)13-6-1-2-7-14(13)22(29)31/h1-4,6-9,25H,5,10-12H2,(H2,24,26)(H,32,33). The van der Waals surface area contributed by atoms with Crippen LogP contribution in [0.1, 0.15) is 33.0 Å². The minimum Gasteiger partial charge on any atom is -0.465 e. The van der Waals surface area contributed by atoms with Crippen molar-refractivity contribution in [3.8, 4) is 0 Å². The first-order valence-electron chi connectivity index (χ1n) is 10.6. The van der Waals surface area contributed by atoms with E-state index in [9.17, 15) is 14.4 Å². The minimum absolute atomic E-state index is 0.180. The van der Waals surface area contributed by atoms with Crippen molar-refractivity contribution in [1.29, 1.82) is 0 Å². The third kappa shape index (κ3) is 3.57. The van der Waals surface area contributed by atoms with E-state index in [-0.39, 0.29) is 30.1 Å². The Morgan fingerprint density at radius 1 is 1.03 bits per heavy atom. The van der Waals surface area contributed by atoms with Gasteiger partial charge in [-0.25, -0.2) is 14.8 Å². The molecule has 34 heavy (non-hydrogen) atoms. The van der Waals surface area contributed by atoms with Gasteiger partial charge in [-0.1, -0.05) is 30.3 Å². The van der Waals surface area contributed by atoms with Gasteiger partial charge in [-0.15, -0.1) is 5.06 Å². The van der Waals surface area contributed by atoms with Gasteiger partial charge in [-0.3, -0.25) is 14.4 Å². The Hall–Kier alpha value is -4.51. The fraction of sp³-hybridized carbons (Fsp3) is 0.174. The van der Waals surface area contributed by atoms with Crippen molar-refractivity contribution in [2.24, 2.45) is 0 Å². The van der Waals surface area contributed by atoms with Gasteiger partial charge < -0.3 is 20.7 Å². The predicted octanol–water partition coefficient (Wildman–Crippen LogP) is 2.55. The van der Waals surface area contributed by atoms with Gasteiger partial charge in [-0.2, -0.15) is 0 Å². The van der Waals surface area contributed by atoms with Crippen molar-refractivity contribution < 1.29 is 24.3 Å². The summed E-state index contributed by atoms with van der Waals surface area (Å²) in [7, 11) is 0. The molecule has 0 aliphatic carbocycles. The quantitative estimate of drug-likeness (QED) is 0.281. The zero-order chi connectivity index (χ0) is 23.8. The van der Waals surface area contributed by atoms with Crippen LogP contribution in [0.4, 0.5) is 10.6 Å². The largest absolute Gasteiger partial charge is 0.465 e. The van der Waals surface area contributed by atoms with Gasteiger partial charge in [0.25, 0.3) is 11.8 Å². The lowest BCUT2D eigenvalue weighted by atomic mass is 10.1. The van der Waals surface area contributed by atoms with Gasteiger partial charge in [0.2, 0.25) is 0 Å². The fourth-order valence-electron chi connectivity index (χ4n) is 4.10. The number of hydroxylamine groups is 2. The van der Waals surface area contributed by atoms with Crippen LogP contribution in [0, 0.1) is 0 Å². The molecule has 0 fully saturated rings. The lowest BCUT2D eigenvalue weighted by Crippen LogP contribution is -2.30. The molecule has 2 aromatic heterocycles. The maximum Gasteiger partial charge on any atom is 0.404 e. The summed E-state index contributed by atoms with van der Waals surface area (Å²) in [6.07, 6.45) is -0.641. The lowest BCUT2D eigenvalue weighted by molar-refractivity contribution is -0.103. The van der Waals surface area contributed by atoms with Gasteiger partial charge in [0.1, 0.15) is 17.9 Å². The van der Waals surface area contributed by atoms with Crippen LogP contribution in [0.3, 0.4) is 0 Å². The molecule has 11 heteroatoms. The SMILES string of the molecule is Nc1nc2ccccc2c2c1nc(CON1C(=O)c3ccccc3C1=O)n2CCCNC(=O)O. The number of rotatable bonds is 7. The first-order chi connectivity index (χ1) is 16.5. The van der Waals surface area contributed by atoms with E-state index in [0.717, 1.165) is 16.0 Å². The van der Waals surface area contributed by atoms with Gasteiger partial charge in [0.05, 0.1) is 22.2 Å². The molecule has 2 aromatic carbocycles. The molecule has 0 bridgehead atoms. The number of nitrogens with two attached hydrogens (primary N) is 1. The molecule has 3 heterocycles. The summed E-state index contributed by atoms with van der Waals surface area (Å²) in [6.45, 7) is 0.442. The van der Waals surface area contributed by atoms with Crippen LogP contribution in [-0.4, -0.2) is 49.2 Å². The number of imide groups is 1. The van der Waals surface area contributed by atoms with E-state index in [0.29, 0.717) is 29.8 Å². The van der Waals surface area contributed by atoms with Gasteiger partial charge in [0, 0.05) is 18.5 Å². The molecule has 1 aliphatic heterocycles. The molecule has 4 N–H and O–H groups in total. The Kier molecular flexibility index (Phi) is 5.30. The first kappa shape index (κ1) is 21.3. The molecule has 0 atom stereocenters. The molecule has 11 nitrogen and oxygen atoms in total. The topological polar surface area (TPSA) is 153 Å². The molecule has 4 aromatic rings. The monoisotopic (exact) mass is 460 g/mol. The van der Waals surface area contributed by atoms with Crippen LogP contribution in [0.15, 0.2) is 48.5 Å².